The lowest BCUT2D eigenvalue weighted by Gasteiger charge is -2.50. The largest absolute Gasteiger partial charge is 0.477 e. The molecule has 0 amide bonds. The molecule has 2 atom stereocenters. The first-order valence-corrected chi connectivity index (χ1v) is 9.90. The molecule has 25 heavy (non-hydrogen) atoms. The molecular weight excluding hydrogens is 334 g/mol. The van der Waals surface area contributed by atoms with Gasteiger partial charge >= 0.3 is 0 Å². The Hall–Kier alpha value is -1.50. The number of rotatable bonds is 5. The van der Waals surface area contributed by atoms with E-state index in [0.717, 1.165) is 51.2 Å². The average molecular weight is 359 g/mol. The van der Waals surface area contributed by atoms with Crippen LogP contribution in [0.15, 0.2) is 29.9 Å². The maximum absolute atomic E-state index is 6.14. The molecule has 0 unspecified atom stereocenters. The molecule has 2 saturated heterocycles. The van der Waals surface area contributed by atoms with Gasteiger partial charge < -0.3 is 9.47 Å². The van der Waals surface area contributed by atoms with Gasteiger partial charge in [0.25, 0.3) is 0 Å². The summed E-state index contributed by atoms with van der Waals surface area (Å²) in [4.78, 5) is 12.6. The van der Waals surface area contributed by atoms with Crippen molar-refractivity contribution < 1.29 is 9.47 Å². The van der Waals surface area contributed by atoms with E-state index in [0.29, 0.717) is 18.6 Å². The number of hydrogen-bond donors (Lipinski definition) is 0. The van der Waals surface area contributed by atoms with Crippen LogP contribution in [0.2, 0.25) is 0 Å². The zero-order valence-electron chi connectivity index (χ0n) is 14.7. The Morgan fingerprint density at radius 2 is 2.36 bits per heavy atom. The van der Waals surface area contributed by atoms with E-state index in [9.17, 15) is 0 Å². The van der Waals surface area contributed by atoms with Crippen LogP contribution in [0.1, 0.15) is 29.8 Å². The average Bonchev–Trinajstić information content (AvgIpc) is 3.05. The molecule has 2 aliphatic rings. The van der Waals surface area contributed by atoms with E-state index in [4.69, 9.17) is 9.47 Å². The first kappa shape index (κ1) is 16.9. The van der Waals surface area contributed by atoms with E-state index in [-0.39, 0.29) is 5.41 Å². The molecule has 0 radical (unpaired) electrons. The molecule has 5 nitrogen and oxygen atoms in total. The van der Waals surface area contributed by atoms with Crippen molar-refractivity contribution in [2.45, 2.75) is 38.8 Å². The zero-order valence-corrected chi connectivity index (χ0v) is 15.5. The van der Waals surface area contributed by atoms with Gasteiger partial charge in [0.15, 0.2) is 0 Å². The number of fused-ring (bicyclic) bond motifs is 1. The van der Waals surface area contributed by atoms with Crippen LogP contribution in [0.25, 0.3) is 0 Å². The van der Waals surface area contributed by atoms with Crippen LogP contribution in [0, 0.1) is 12.3 Å². The second-order valence-electron chi connectivity index (χ2n) is 7.14. The summed E-state index contributed by atoms with van der Waals surface area (Å²) in [5.41, 5.74) is 3.17. The van der Waals surface area contributed by atoms with E-state index >= 15 is 0 Å². The number of aromatic nitrogens is 2. The number of aryl methyl sites for hydroxylation is 1. The van der Waals surface area contributed by atoms with Crippen LogP contribution in [0.5, 0.6) is 5.88 Å². The highest BCUT2D eigenvalue weighted by Crippen LogP contribution is 2.41. The fourth-order valence-electron chi connectivity index (χ4n) is 4.06. The topological polar surface area (TPSA) is 47.5 Å². The minimum Gasteiger partial charge on any atom is -0.477 e. The van der Waals surface area contributed by atoms with Crippen molar-refractivity contribution in [2.75, 3.05) is 26.3 Å². The minimum atomic E-state index is 0.0621. The molecule has 2 aliphatic heterocycles. The van der Waals surface area contributed by atoms with E-state index < -0.39 is 0 Å². The van der Waals surface area contributed by atoms with Crippen molar-refractivity contribution in [1.29, 1.82) is 0 Å². The fourth-order valence-corrected chi connectivity index (χ4v) is 4.88. The number of hydrogen-bond acceptors (Lipinski definition) is 6. The molecule has 4 rings (SSSR count). The highest BCUT2D eigenvalue weighted by atomic mass is 32.1. The summed E-state index contributed by atoms with van der Waals surface area (Å²) in [6, 6.07) is 5.81. The predicted octanol–water partition coefficient (Wildman–Crippen LogP) is 3.30. The molecule has 2 aromatic heterocycles. The molecule has 0 aromatic carbocycles. The Bertz CT molecular complexity index is 693. The Morgan fingerprint density at radius 3 is 3.16 bits per heavy atom. The van der Waals surface area contributed by atoms with Crippen molar-refractivity contribution in [3.8, 4) is 5.88 Å². The normalized spacial score (nSPS) is 27.0. The molecule has 0 bridgehead atoms. The van der Waals surface area contributed by atoms with Crippen LogP contribution in [0.4, 0.5) is 0 Å². The summed E-state index contributed by atoms with van der Waals surface area (Å²) in [5, 5.41) is 0. The molecule has 2 aromatic rings. The summed E-state index contributed by atoms with van der Waals surface area (Å²) in [7, 11) is 0. The number of pyridine rings is 1. The van der Waals surface area contributed by atoms with Gasteiger partial charge in [-0.25, -0.2) is 9.97 Å². The van der Waals surface area contributed by atoms with Gasteiger partial charge in [0.1, 0.15) is 0 Å². The standard InChI is InChI=1S/C19H25N3O2S/c1-15-16(25-14-21-15)11-22-9-6-17-19(12-22,7-4-10-23-17)13-24-18-5-2-3-8-20-18/h2-3,5,8,14,17H,4,6-7,9-13H2,1H3/t17-,19+/m0/s1. The maximum atomic E-state index is 6.14. The first-order valence-electron chi connectivity index (χ1n) is 9.02. The fraction of sp³-hybridized carbons (Fsp3) is 0.579. The smallest absolute Gasteiger partial charge is 0.213 e. The monoisotopic (exact) mass is 359 g/mol. The van der Waals surface area contributed by atoms with Crippen molar-refractivity contribution >= 4 is 11.3 Å². The van der Waals surface area contributed by atoms with Gasteiger partial charge in [-0.2, -0.15) is 0 Å². The molecule has 4 heterocycles. The number of thiazole rings is 1. The lowest BCUT2D eigenvalue weighted by atomic mass is 9.73. The Morgan fingerprint density at radius 1 is 1.40 bits per heavy atom. The lowest BCUT2D eigenvalue weighted by Crippen LogP contribution is -2.57. The van der Waals surface area contributed by atoms with Crippen molar-refractivity contribution in [1.82, 2.24) is 14.9 Å². The Balaban J connectivity index is 1.48. The first-order chi connectivity index (χ1) is 12.3. The quantitative estimate of drug-likeness (QED) is 0.820. The summed E-state index contributed by atoms with van der Waals surface area (Å²) in [6.07, 6.45) is 5.41. The maximum Gasteiger partial charge on any atom is 0.213 e. The van der Waals surface area contributed by atoms with E-state index in [1.165, 1.54) is 4.88 Å². The number of nitrogens with zero attached hydrogens (tertiary/aromatic N) is 3. The van der Waals surface area contributed by atoms with Gasteiger partial charge in [0.05, 0.1) is 23.9 Å². The SMILES string of the molecule is Cc1ncsc1CN1CC[C@@H]2OCCC[C@]2(COc2ccccn2)C1. The van der Waals surface area contributed by atoms with Gasteiger partial charge in [-0.3, -0.25) is 4.90 Å². The summed E-state index contributed by atoms with van der Waals surface area (Å²) < 4.78 is 12.2. The minimum absolute atomic E-state index is 0.0621. The highest BCUT2D eigenvalue weighted by molar-refractivity contribution is 7.09. The molecule has 2 fully saturated rings. The lowest BCUT2D eigenvalue weighted by molar-refractivity contribution is -0.141. The Kier molecular flexibility index (Phi) is 5.01. The zero-order chi connectivity index (χ0) is 17.1. The van der Waals surface area contributed by atoms with Crippen LogP contribution in [-0.2, 0) is 11.3 Å². The number of likely N-dealkylation sites (tertiary alicyclic amines) is 1. The molecule has 0 spiro atoms. The third-order valence-corrected chi connectivity index (χ3v) is 6.34. The molecule has 0 aliphatic carbocycles. The molecule has 0 saturated carbocycles. The highest BCUT2D eigenvalue weighted by Gasteiger charge is 2.46. The van der Waals surface area contributed by atoms with Gasteiger partial charge in [-0.1, -0.05) is 6.07 Å². The van der Waals surface area contributed by atoms with Gasteiger partial charge in [0, 0.05) is 48.8 Å². The van der Waals surface area contributed by atoms with Crippen LogP contribution >= 0.6 is 11.3 Å². The van der Waals surface area contributed by atoms with Crippen LogP contribution < -0.4 is 4.74 Å². The molecular formula is C19H25N3O2S. The summed E-state index contributed by atoms with van der Waals surface area (Å²) >= 11 is 1.76. The van der Waals surface area contributed by atoms with Crippen LogP contribution in [-0.4, -0.2) is 47.3 Å². The van der Waals surface area contributed by atoms with E-state index in [2.05, 4.69) is 21.8 Å². The van der Waals surface area contributed by atoms with E-state index in [1.807, 2.05) is 23.7 Å². The van der Waals surface area contributed by atoms with Gasteiger partial charge in [0.2, 0.25) is 5.88 Å². The van der Waals surface area contributed by atoms with Gasteiger partial charge in [-0.05, 0) is 32.3 Å². The third-order valence-electron chi connectivity index (χ3n) is 5.42. The van der Waals surface area contributed by atoms with Crippen molar-refractivity contribution in [3.63, 3.8) is 0 Å². The molecule has 134 valence electrons. The summed E-state index contributed by atoms with van der Waals surface area (Å²) in [5.74, 6) is 0.705. The van der Waals surface area contributed by atoms with Crippen molar-refractivity contribution in [2.24, 2.45) is 5.41 Å². The van der Waals surface area contributed by atoms with Crippen molar-refractivity contribution in [3.05, 3.63) is 40.5 Å². The number of ether oxygens (including phenoxy) is 2. The molecule has 6 heteroatoms. The molecule has 0 N–H and O–H groups in total. The number of piperidine rings is 1. The van der Waals surface area contributed by atoms with E-state index in [1.54, 1.807) is 17.5 Å². The van der Waals surface area contributed by atoms with Gasteiger partial charge in [-0.15, -0.1) is 11.3 Å². The Labute approximate surface area is 153 Å². The summed E-state index contributed by atoms with van der Waals surface area (Å²) in [6.45, 7) is 6.73. The third kappa shape index (κ3) is 3.71. The second-order valence-corrected chi connectivity index (χ2v) is 8.08. The van der Waals surface area contributed by atoms with Crippen LogP contribution in [0.3, 0.4) is 0 Å². The predicted molar refractivity (Wildman–Crippen MR) is 97.9 cm³/mol. The second kappa shape index (κ2) is 7.40.